The molecule has 134 valence electrons. The van der Waals surface area contributed by atoms with Crippen molar-refractivity contribution in [3.63, 3.8) is 0 Å². The van der Waals surface area contributed by atoms with E-state index < -0.39 is 6.10 Å². The number of aliphatic hydroxyl groups excluding tert-OH is 1. The third-order valence-electron chi connectivity index (χ3n) is 4.70. The molecule has 4 nitrogen and oxygen atoms in total. The van der Waals surface area contributed by atoms with Crippen LogP contribution in [0.4, 0.5) is 0 Å². The van der Waals surface area contributed by atoms with Crippen LogP contribution in [0.15, 0.2) is 48.5 Å². The first-order chi connectivity index (χ1) is 12.6. The molecule has 1 aliphatic heterocycles. The third kappa shape index (κ3) is 3.64. The van der Waals surface area contributed by atoms with Crippen LogP contribution in [0.5, 0.6) is 0 Å². The fraction of sp³-hybridized carbons (Fsp3) is 0.250. The number of fused-ring (bicyclic) bond motifs is 1. The normalized spacial score (nSPS) is 15.7. The molecule has 0 radical (unpaired) electrons. The van der Waals surface area contributed by atoms with E-state index in [4.69, 9.17) is 28.2 Å². The molecule has 2 aromatic carbocycles. The van der Waals surface area contributed by atoms with Crippen LogP contribution in [0.2, 0.25) is 10.0 Å². The SMILES string of the molecule is O[C@@H](CN1CCc2nc(-c3ccccc3Cl)[nH]c2C1)c1cccc(Cl)c1. The Hall–Kier alpha value is -1.85. The van der Waals surface area contributed by atoms with Crippen LogP contribution in [0, 0.1) is 0 Å². The minimum Gasteiger partial charge on any atom is -0.387 e. The predicted molar refractivity (Wildman–Crippen MR) is 104 cm³/mol. The van der Waals surface area contributed by atoms with Crippen molar-refractivity contribution in [3.8, 4) is 11.4 Å². The molecule has 0 bridgehead atoms. The molecule has 0 fully saturated rings. The molecule has 2 N–H and O–H groups in total. The maximum atomic E-state index is 10.5. The van der Waals surface area contributed by atoms with Gasteiger partial charge in [0.25, 0.3) is 0 Å². The Labute approximate surface area is 162 Å². The fourth-order valence-corrected chi connectivity index (χ4v) is 3.77. The highest BCUT2D eigenvalue weighted by Crippen LogP contribution is 2.28. The number of aliphatic hydroxyl groups is 1. The molecule has 0 aliphatic carbocycles. The van der Waals surface area contributed by atoms with E-state index in [0.717, 1.165) is 47.8 Å². The summed E-state index contributed by atoms with van der Waals surface area (Å²) in [6.07, 6.45) is 0.277. The van der Waals surface area contributed by atoms with Gasteiger partial charge in [-0.05, 0) is 29.8 Å². The van der Waals surface area contributed by atoms with E-state index in [9.17, 15) is 5.11 Å². The molecule has 6 heteroatoms. The number of halogens is 2. The van der Waals surface area contributed by atoms with E-state index in [1.807, 2.05) is 48.5 Å². The van der Waals surface area contributed by atoms with Gasteiger partial charge in [-0.15, -0.1) is 0 Å². The molecule has 1 aromatic heterocycles. The number of nitrogens with zero attached hydrogens (tertiary/aromatic N) is 2. The molecule has 1 aliphatic rings. The highest BCUT2D eigenvalue weighted by atomic mass is 35.5. The summed E-state index contributed by atoms with van der Waals surface area (Å²) >= 11 is 12.3. The molecule has 3 aromatic rings. The number of rotatable bonds is 4. The first-order valence-corrected chi connectivity index (χ1v) is 9.34. The van der Waals surface area contributed by atoms with Crippen molar-refractivity contribution in [2.75, 3.05) is 13.1 Å². The number of nitrogens with one attached hydrogen (secondary N) is 1. The summed E-state index contributed by atoms with van der Waals surface area (Å²) in [5.74, 6) is 0.804. The summed E-state index contributed by atoms with van der Waals surface area (Å²) in [6, 6.07) is 15.1. The van der Waals surface area contributed by atoms with Crippen LogP contribution in [0.3, 0.4) is 0 Å². The van der Waals surface area contributed by atoms with Gasteiger partial charge in [0.2, 0.25) is 0 Å². The zero-order valence-corrected chi connectivity index (χ0v) is 15.6. The standard InChI is InChI=1S/C20H19Cl2N3O/c21-14-5-3-4-13(10-14)19(26)12-25-9-8-17-18(11-25)24-20(23-17)15-6-1-2-7-16(15)22/h1-7,10,19,26H,8-9,11-12H2,(H,23,24)/t19-/m0/s1. The van der Waals surface area contributed by atoms with Crippen LogP contribution in [0.25, 0.3) is 11.4 Å². The number of H-pyrrole nitrogens is 1. The second-order valence-corrected chi connectivity index (χ2v) is 7.39. The molecule has 0 saturated heterocycles. The molecule has 0 amide bonds. The molecule has 0 spiro atoms. The summed E-state index contributed by atoms with van der Waals surface area (Å²) in [5.41, 5.74) is 3.91. The van der Waals surface area contributed by atoms with Gasteiger partial charge in [0, 0.05) is 36.6 Å². The molecule has 2 heterocycles. The van der Waals surface area contributed by atoms with Crippen molar-refractivity contribution in [2.45, 2.75) is 19.1 Å². The number of imidazole rings is 1. The lowest BCUT2D eigenvalue weighted by Gasteiger charge is -2.28. The summed E-state index contributed by atoms with van der Waals surface area (Å²) in [7, 11) is 0. The Morgan fingerprint density at radius 3 is 2.81 bits per heavy atom. The summed E-state index contributed by atoms with van der Waals surface area (Å²) < 4.78 is 0. The Bertz CT molecular complexity index is 925. The van der Waals surface area contributed by atoms with Gasteiger partial charge in [0.1, 0.15) is 5.82 Å². The van der Waals surface area contributed by atoms with Gasteiger partial charge in [0.15, 0.2) is 0 Å². The topological polar surface area (TPSA) is 52.1 Å². The first-order valence-electron chi connectivity index (χ1n) is 8.58. The second-order valence-electron chi connectivity index (χ2n) is 6.55. The predicted octanol–water partition coefficient (Wildman–Crippen LogP) is 4.48. The average molecular weight is 388 g/mol. The lowest BCUT2D eigenvalue weighted by Crippen LogP contribution is -2.34. The van der Waals surface area contributed by atoms with Crippen molar-refractivity contribution in [1.82, 2.24) is 14.9 Å². The molecule has 0 unspecified atom stereocenters. The molecule has 0 saturated carbocycles. The van der Waals surface area contributed by atoms with Crippen LogP contribution in [-0.4, -0.2) is 33.1 Å². The largest absolute Gasteiger partial charge is 0.387 e. The van der Waals surface area contributed by atoms with Gasteiger partial charge in [-0.25, -0.2) is 4.98 Å². The van der Waals surface area contributed by atoms with Crippen molar-refractivity contribution < 1.29 is 5.11 Å². The average Bonchev–Trinajstić information content (AvgIpc) is 3.05. The number of benzene rings is 2. The van der Waals surface area contributed by atoms with Gasteiger partial charge < -0.3 is 10.1 Å². The van der Waals surface area contributed by atoms with Crippen LogP contribution in [0.1, 0.15) is 23.1 Å². The monoisotopic (exact) mass is 387 g/mol. The van der Waals surface area contributed by atoms with Crippen molar-refractivity contribution in [1.29, 1.82) is 0 Å². The summed E-state index contributed by atoms with van der Waals surface area (Å²) in [5, 5.41) is 11.8. The van der Waals surface area contributed by atoms with Gasteiger partial charge in [-0.3, -0.25) is 4.90 Å². The van der Waals surface area contributed by atoms with E-state index in [0.29, 0.717) is 16.6 Å². The van der Waals surface area contributed by atoms with E-state index in [-0.39, 0.29) is 0 Å². The van der Waals surface area contributed by atoms with E-state index in [1.165, 1.54) is 0 Å². The third-order valence-corrected chi connectivity index (χ3v) is 5.27. The first kappa shape index (κ1) is 17.6. The van der Waals surface area contributed by atoms with Crippen molar-refractivity contribution >= 4 is 23.2 Å². The highest BCUT2D eigenvalue weighted by molar-refractivity contribution is 6.33. The van der Waals surface area contributed by atoms with Crippen molar-refractivity contribution in [3.05, 3.63) is 75.5 Å². The van der Waals surface area contributed by atoms with Crippen LogP contribution < -0.4 is 0 Å². The Balaban J connectivity index is 1.49. The number of aromatic amines is 1. The quantitative estimate of drug-likeness (QED) is 0.693. The van der Waals surface area contributed by atoms with E-state index in [1.54, 1.807) is 0 Å². The molecule has 4 rings (SSSR count). The molecular weight excluding hydrogens is 369 g/mol. The minimum absolute atomic E-state index is 0.556. The molecule has 26 heavy (non-hydrogen) atoms. The van der Waals surface area contributed by atoms with Gasteiger partial charge in [-0.1, -0.05) is 47.5 Å². The maximum Gasteiger partial charge on any atom is 0.139 e. The zero-order valence-electron chi connectivity index (χ0n) is 14.1. The van der Waals surface area contributed by atoms with Crippen LogP contribution in [-0.2, 0) is 13.0 Å². The fourth-order valence-electron chi connectivity index (χ4n) is 3.35. The number of hydrogen-bond donors (Lipinski definition) is 2. The zero-order chi connectivity index (χ0) is 18.1. The van der Waals surface area contributed by atoms with Crippen LogP contribution >= 0.6 is 23.2 Å². The number of hydrogen-bond acceptors (Lipinski definition) is 3. The van der Waals surface area contributed by atoms with E-state index >= 15 is 0 Å². The van der Waals surface area contributed by atoms with Crippen molar-refractivity contribution in [2.24, 2.45) is 0 Å². The summed E-state index contributed by atoms with van der Waals surface area (Å²) in [4.78, 5) is 10.3. The summed E-state index contributed by atoms with van der Waals surface area (Å²) in [6.45, 7) is 2.14. The minimum atomic E-state index is -0.568. The van der Waals surface area contributed by atoms with Gasteiger partial charge in [-0.2, -0.15) is 0 Å². The Morgan fingerprint density at radius 2 is 2.00 bits per heavy atom. The molecule has 1 atom stereocenters. The highest BCUT2D eigenvalue weighted by Gasteiger charge is 2.23. The number of β-amino-alcohol motifs (C(OH)–C–C–N with tert-alkyl or cyclic N) is 1. The van der Waals surface area contributed by atoms with E-state index in [2.05, 4.69) is 9.88 Å². The molecular formula is C20H19Cl2N3O. The van der Waals surface area contributed by atoms with Gasteiger partial charge >= 0.3 is 0 Å². The lowest BCUT2D eigenvalue weighted by molar-refractivity contribution is 0.105. The lowest BCUT2D eigenvalue weighted by atomic mass is 10.1. The second kappa shape index (κ2) is 7.41. The smallest absolute Gasteiger partial charge is 0.139 e. The number of aromatic nitrogens is 2. The maximum absolute atomic E-state index is 10.5. The Kier molecular flexibility index (Phi) is 5.00. The Morgan fingerprint density at radius 1 is 1.15 bits per heavy atom. The van der Waals surface area contributed by atoms with Gasteiger partial charge in [0.05, 0.1) is 22.5 Å².